The molecule has 0 saturated heterocycles. The Bertz CT molecular complexity index is 1780. The molecule has 2 unspecified atom stereocenters. The number of benzene rings is 2. The van der Waals surface area contributed by atoms with Gasteiger partial charge in [-0.2, -0.15) is 44.5 Å². The van der Waals surface area contributed by atoms with Gasteiger partial charge in [-0.15, -0.1) is 0 Å². The van der Waals surface area contributed by atoms with Crippen LogP contribution in [-0.2, 0) is 17.3 Å². The zero-order valence-electron chi connectivity index (χ0n) is 26.1. The van der Waals surface area contributed by atoms with Gasteiger partial charge in [-0.05, 0) is 66.5 Å². The molecule has 2 heterocycles. The minimum atomic E-state index is -5.46. The molecule has 272 valence electrons. The van der Waals surface area contributed by atoms with Gasteiger partial charge in [0, 0.05) is 25.5 Å². The van der Waals surface area contributed by atoms with Crippen LogP contribution in [0.2, 0.25) is 0 Å². The fraction of sp³-hybridized carbons (Fsp3) is 0.452. The second kappa shape index (κ2) is 13.7. The topological polar surface area (TPSA) is 128 Å². The van der Waals surface area contributed by atoms with E-state index in [0.717, 1.165) is 29.8 Å². The molecule has 1 aromatic heterocycles. The highest BCUT2D eigenvalue weighted by Crippen LogP contribution is 2.61. The number of anilines is 4. The largest absolute Gasteiger partial charge is 0.421 e. The second-order valence-corrected chi connectivity index (χ2v) is 14.9. The van der Waals surface area contributed by atoms with Crippen LogP contribution < -0.4 is 10.6 Å². The molecular weight excluding hydrogens is 708 g/mol. The first-order chi connectivity index (χ1) is 23.1. The summed E-state index contributed by atoms with van der Waals surface area (Å²) in [7, 11) is -3.90. The molecule has 2 atom stereocenters. The molecular formula is C31H31F9N5O4P. The highest BCUT2D eigenvalue weighted by molar-refractivity contribution is 7.58. The van der Waals surface area contributed by atoms with E-state index in [4.69, 9.17) is 0 Å². The number of alkyl halides is 9. The Kier molecular flexibility index (Phi) is 10.2. The van der Waals surface area contributed by atoms with Crippen molar-refractivity contribution in [2.45, 2.75) is 74.9 Å². The predicted molar refractivity (Wildman–Crippen MR) is 164 cm³/mol. The number of fused-ring (bicyclic) bond motifs is 1. The molecule has 1 aliphatic heterocycles. The number of halogens is 9. The zero-order valence-corrected chi connectivity index (χ0v) is 27.0. The van der Waals surface area contributed by atoms with Gasteiger partial charge in [-0.3, -0.25) is 9.36 Å². The first-order valence-electron chi connectivity index (χ1n) is 15.2. The number of hydrogen-bond acceptors (Lipinski definition) is 7. The lowest BCUT2D eigenvalue weighted by molar-refractivity contribution is -0.137. The highest BCUT2D eigenvalue weighted by atomic mass is 31.2. The minimum absolute atomic E-state index is 0.0199. The van der Waals surface area contributed by atoms with Crippen LogP contribution in [-0.4, -0.2) is 62.4 Å². The van der Waals surface area contributed by atoms with Gasteiger partial charge in [-0.1, -0.05) is 18.2 Å². The molecule has 5 rings (SSSR count). The number of nitrogens with one attached hydrogen (secondary N) is 2. The maximum Gasteiger partial charge on any atom is 0.421 e. The summed E-state index contributed by atoms with van der Waals surface area (Å²) in [4.78, 5) is 32.3. The van der Waals surface area contributed by atoms with Crippen LogP contribution in [0.3, 0.4) is 0 Å². The van der Waals surface area contributed by atoms with Crippen molar-refractivity contribution >= 4 is 36.4 Å². The molecule has 1 amide bonds. The molecule has 1 aliphatic carbocycles. The third-order valence-electron chi connectivity index (χ3n) is 8.66. The number of carbonyl (C=O) groups excluding carboxylic acids is 1. The van der Waals surface area contributed by atoms with Crippen LogP contribution in [0.1, 0.15) is 76.3 Å². The highest BCUT2D eigenvalue weighted by Gasteiger charge is 2.47. The van der Waals surface area contributed by atoms with Gasteiger partial charge in [0.2, 0.25) is 13.3 Å². The van der Waals surface area contributed by atoms with Gasteiger partial charge in [0.25, 0.3) is 5.91 Å². The lowest BCUT2D eigenvalue weighted by atomic mass is 9.80. The number of rotatable bonds is 9. The number of aliphatic hydroxyl groups excluding tert-OH is 1. The van der Waals surface area contributed by atoms with E-state index in [1.807, 2.05) is 0 Å². The maximum atomic E-state index is 14.1. The summed E-state index contributed by atoms with van der Waals surface area (Å²) in [5.74, 6) is -1.54. The molecule has 2 aromatic carbocycles. The average molecular weight is 740 g/mol. The Balaban J connectivity index is 1.44. The lowest BCUT2D eigenvalue weighted by Gasteiger charge is -2.27. The zero-order chi connectivity index (χ0) is 36.8. The van der Waals surface area contributed by atoms with Crippen LogP contribution in [0.4, 0.5) is 62.7 Å². The van der Waals surface area contributed by atoms with Crippen molar-refractivity contribution in [3.05, 3.63) is 70.4 Å². The predicted octanol–water partition coefficient (Wildman–Crippen LogP) is 8.41. The third-order valence-corrected chi connectivity index (χ3v) is 10.9. The number of amides is 1. The van der Waals surface area contributed by atoms with Crippen LogP contribution in [0.25, 0.3) is 0 Å². The summed E-state index contributed by atoms with van der Waals surface area (Å²) in [6.45, 7) is 0.225. The van der Waals surface area contributed by atoms with E-state index in [1.165, 1.54) is 11.0 Å². The fourth-order valence-corrected chi connectivity index (χ4v) is 8.19. The fourth-order valence-electron chi connectivity index (χ4n) is 6.32. The summed E-state index contributed by atoms with van der Waals surface area (Å²) in [5, 5.41) is 15.1. The summed E-state index contributed by atoms with van der Waals surface area (Å²) in [5.41, 5.74) is -2.51. The third kappa shape index (κ3) is 8.69. The van der Waals surface area contributed by atoms with Gasteiger partial charge >= 0.3 is 18.5 Å². The molecule has 50 heavy (non-hydrogen) atoms. The van der Waals surface area contributed by atoms with Crippen LogP contribution in [0.5, 0.6) is 0 Å². The Morgan fingerprint density at radius 1 is 0.940 bits per heavy atom. The Hall–Kier alpha value is -3.89. The van der Waals surface area contributed by atoms with E-state index < -0.39 is 79.0 Å². The molecule has 3 aromatic rings. The van der Waals surface area contributed by atoms with E-state index in [1.54, 1.807) is 13.1 Å². The second-order valence-electron chi connectivity index (χ2n) is 12.4. The van der Waals surface area contributed by atoms with Gasteiger partial charge in [0.1, 0.15) is 17.5 Å². The van der Waals surface area contributed by atoms with Crippen molar-refractivity contribution in [3.8, 4) is 0 Å². The first-order valence-corrected chi connectivity index (χ1v) is 17.2. The number of hydrogen-bond donors (Lipinski definition) is 4. The summed E-state index contributed by atoms with van der Waals surface area (Å²) < 4.78 is 133. The number of aliphatic hydroxyl groups is 1. The van der Waals surface area contributed by atoms with Gasteiger partial charge < -0.3 is 25.5 Å². The van der Waals surface area contributed by atoms with Gasteiger partial charge in [-0.25, -0.2) is 4.98 Å². The average Bonchev–Trinajstić information content (AvgIpc) is 3.29. The standard InChI is InChI=1S/C31H31F9N5O4P/c1-45-14-21-20(16-4-8-19(46)9-5-16)10-11-23(25(21)27(45)47)43-26-22(31(38,39)40)13-41-28(44-26)42-18-6-2-17(3-7-18)24(12-29(32,33)34)50(48,49)15-30(35,36)37/h2-3,6-7,10-11,13,16,19,24,46H,4-5,8-9,12,14-15H2,1H3,(H,48,49)(H2,41,42,43,44). The number of nitrogens with zero attached hydrogens (tertiary/aromatic N) is 3. The molecule has 4 N–H and O–H groups in total. The Labute approximate surface area is 279 Å². The molecule has 19 heteroatoms. The van der Waals surface area contributed by atoms with E-state index >= 15 is 0 Å². The molecule has 1 saturated carbocycles. The summed E-state index contributed by atoms with van der Waals surface area (Å²) in [6, 6.07) is 7.09. The number of aromatic nitrogens is 2. The minimum Gasteiger partial charge on any atom is -0.393 e. The van der Waals surface area contributed by atoms with Crippen molar-refractivity contribution in [2.75, 3.05) is 23.8 Å². The van der Waals surface area contributed by atoms with Crippen molar-refractivity contribution in [1.82, 2.24) is 14.9 Å². The smallest absolute Gasteiger partial charge is 0.393 e. The van der Waals surface area contributed by atoms with Crippen molar-refractivity contribution < 1.29 is 58.9 Å². The molecule has 0 bridgehead atoms. The summed E-state index contributed by atoms with van der Waals surface area (Å²) in [6.07, 6.45) is -17.0. The normalized spacial score (nSPS) is 20.3. The lowest BCUT2D eigenvalue weighted by Crippen LogP contribution is -2.21. The van der Waals surface area contributed by atoms with Crippen LogP contribution >= 0.6 is 7.37 Å². The van der Waals surface area contributed by atoms with Crippen molar-refractivity contribution in [2.24, 2.45) is 0 Å². The Morgan fingerprint density at radius 3 is 2.16 bits per heavy atom. The van der Waals surface area contributed by atoms with Gasteiger partial charge in [0.05, 0.1) is 29.4 Å². The van der Waals surface area contributed by atoms with E-state index in [2.05, 4.69) is 20.6 Å². The molecule has 1 fully saturated rings. The quantitative estimate of drug-likeness (QED) is 0.127. The monoisotopic (exact) mass is 739 g/mol. The maximum absolute atomic E-state index is 14.1. The Morgan fingerprint density at radius 2 is 1.58 bits per heavy atom. The first kappa shape index (κ1) is 37.4. The summed E-state index contributed by atoms with van der Waals surface area (Å²) >= 11 is 0. The van der Waals surface area contributed by atoms with E-state index in [-0.39, 0.29) is 29.4 Å². The van der Waals surface area contributed by atoms with E-state index in [0.29, 0.717) is 37.4 Å². The van der Waals surface area contributed by atoms with E-state index in [9.17, 15) is 58.9 Å². The number of carbonyl (C=O) groups is 1. The molecule has 2 aliphatic rings. The molecule has 9 nitrogen and oxygen atoms in total. The van der Waals surface area contributed by atoms with Crippen molar-refractivity contribution in [3.63, 3.8) is 0 Å². The SMILES string of the molecule is CN1Cc2c(C3CCC(O)CC3)ccc(Nc3nc(Nc4ccc(C(CC(F)(F)F)P(=O)(O)CC(F)(F)F)cc4)ncc3C(F)(F)F)c2C1=O. The molecule has 0 spiro atoms. The van der Waals surface area contributed by atoms with Crippen molar-refractivity contribution in [1.29, 1.82) is 0 Å². The molecule has 0 radical (unpaired) electrons. The van der Waals surface area contributed by atoms with Crippen LogP contribution in [0.15, 0.2) is 42.6 Å². The van der Waals surface area contributed by atoms with Gasteiger partial charge in [0.15, 0.2) is 0 Å². The van der Waals surface area contributed by atoms with Crippen LogP contribution in [0, 0.1) is 0 Å².